The van der Waals surface area contributed by atoms with Crippen LogP contribution in [0.4, 0.5) is 0 Å². The van der Waals surface area contributed by atoms with Crippen molar-refractivity contribution in [3.63, 3.8) is 0 Å². The summed E-state index contributed by atoms with van der Waals surface area (Å²) in [5.74, 6) is 7.33. The summed E-state index contributed by atoms with van der Waals surface area (Å²) >= 11 is 5.40. The fourth-order valence-electron chi connectivity index (χ4n) is 1.50. The first-order valence-electron chi connectivity index (χ1n) is 5.97. The highest BCUT2D eigenvalue weighted by molar-refractivity contribution is 9.10. The fraction of sp³-hybridized carbons (Fsp3) is 0.538. The van der Waals surface area contributed by atoms with Crippen molar-refractivity contribution in [2.75, 3.05) is 5.75 Å². The SMILES string of the molecule is CC(C)CCC(CSc1ccccc1Br)NN. The van der Waals surface area contributed by atoms with Crippen molar-refractivity contribution in [1.82, 2.24) is 5.43 Å². The average molecular weight is 317 g/mol. The van der Waals surface area contributed by atoms with Gasteiger partial charge in [-0.25, -0.2) is 0 Å². The van der Waals surface area contributed by atoms with Gasteiger partial charge >= 0.3 is 0 Å². The van der Waals surface area contributed by atoms with Crippen molar-refractivity contribution in [2.24, 2.45) is 11.8 Å². The van der Waals surface area contributed by atoms with Crippen LogP contribution in [0.1, 0.15) is 26.7 Å². The molecule has 0 amide bonds. The molecule has 3 N–H and O–H groups in total. The first kappa shape index (κ1) is 15.0. The topological polar surface area (TPSA) is 38.0 Å². The Bertz CT molecular complexity index is 331. The van der Waals surface area contributed by atoms with E-state index in [1.807, 2.05) is 17.8 Å². The second-order valence-electron chi connectivity index (χ2n) is 4.58. The summed E-state index contributed by atoms with van der Waals surface area (Å²) in [7, 11) is 0. The van der Waals surface area contributed by atoms with E-state index >= 15 is 0 Å². The van der Waals surface area contributed by atoms with Crippen LogP contribution in [-0.2, 0) is 0 Å². The number of hydrazine groups is 1. The highest BCUT2D eigenvalue weighted by Crippen LogP contribution is 2.28. The van der Waals surface area contributed by atoms with E-state index in [9.17, 15) is 0 Å². The first-order valence-corrected chi connectivity index (χ1v) is 7.74. The van der Waals surface area contributed by atoms with Crippen molar-refractivity contribution < 1.29 is 0 Å². The molecule has 1 aromatic rings. The summed E-state index contributed by atoms with van der Waals surface area (Å²) in [6.07, 6.45) is 2.34. The quantitative estimate of drug-likeness (QED) is 0.456. The van der Waals surface area contributed by atoms with E-state index in [1.165, 1.54) is 11.3 Å². The van der Waals surface area contributed by atoms with Crippen LogP contribution >= 0.6 is 27.7 Å². The molecule has 0 fully saturated rings. The summed E-state index contributed by atoms with van der Waals surface area (Å²) in [6, 6.07) is 8.68. The molecule has 0 spiro atoms. The molecule has 0 saturated heterocycles. The Balaban J connectivity index is 2.40. The zero-order valence-electron chi connectivity index (χ0n) is 10.4. The molecule has 1 rings (SSSR count). The number of rotatable bonds is 7. The van der Waals surface area contributed by atoms with Gasteiger partial charge in [0.15, 0.2) is 0 Å². The lowest BCUT2D eigenvalue weighted by atomic mass is 10.0. The van der Waals surface area contributed by atoms with E-state index in [-0.39, 0.29) is 0 Å². The zero-order chi connectivity index (χ0) is 12.7. The van der Waals surface area contributed by atoms with Crippen LogP contribution < -0.4 is 11.3 Å². The maximum Gasteiger partial charge on any atom is 0.0311 e. The first-order chi connectivity index (χ1) is 8.13. The number of hydrogen-bond donors (Lipinski definition) is 2. The fourth-order valence-corrected chi connectivity index (χ4v) is 3.15. The Morgan fingerprint density at radius 1 is 1.29 bits per heavy atom. The highest BCUT2D eigenvalue weighted by atomic mass is 79.9. The average Bonchev–Trinajstić information content (AvgIpc) is 2.31. The van der Waals surface area contributed by atoms with Gasteiger partial charge in [-0.05, 0) is 46.8 Å². The predicted molar refractivity (Wildman–Crippen MR) is 80.0 cm³/mol. The van der Waals surface area contributed by atoms with Crippen molar-refractivity contribution in [1.29, 1.82) is 0 Å². The van der Waals surface area contributed by atoms with Gasteiger partial charge in [-0.3, -0.25) is 11.3 Å². The van der Waals surface area contributed by atoms with E-state index in [0.29, 0.717) is 6.04 Å². The number of hydrogen-bond acceptors (Lipinski definition) is 3. The van der Waals surface area contributed by atoms with Crippen LogP contribution in [0.5, 0.6) is 0 Å². The minimum absolute atomic E-state index is 0.384. The summed E-state index contributed by atoms with van der Waals surface area (Å²) in [5.41, 5.74) is 2.91. The molecular formula is C13H21BrN2S. The van der Waals surface area contributed by atoms with Crippen LogP contribution in [0.3, 0.4) is 0 Å². The number of nitrogens with two attached hydrogens (primary N) is 1. The van der Waals surface area contributed by atoms with Crippen LogP contribution in [0.2, 0.25) is 0 Å². The maximum atomic E-state index is 5.59. The second kappa shape index (κ2) is 8.14. The minimum atomic E-state index is 0.384. The highest BCUT2D eigenvalue weighted by Gasteiger charge is 2.09. The van der Waals surface area contributed by atoms with Gasteiger partial charge in [-0.15, -0.1) is 11.8 Å². The molecule has 1 unspecified atom stereocenters. The molecule has 0 radical (unpaired) electrons. The molecule has 0 aliphatic heterocycles. The Kier molecular flexibility index (Phi) is 7.19. The normalized spacial score (nSPS) is 13.0. The Morgan fingerprint density at radius 3 is 2.59 bits per heavy atom. The Morgan fingerprint density at radius 2 is 2.00 bits per heavy atom. The van der Waals surface area contributed by atoms with Gasteiger partial charge in [-0.1, -0.05) is 26.0 Å². The van der Waals surface area contributed by atoms with Crippen molar-refractivity contribution in [3.05, 3.63) is 28.7 Å². The number of thioether (sulfide) groups is 1. The van der Waals surface area contributed by atoms with E-state index in [2.05, 4.69) is 53.4 Å². The van der Waals surface area contributed by atoms with E-state index < -0.39 is 0 Å². The molecule has 0 saturated carbocycles. The molecule has 1 aromatic carbocycles. The molecule has 4 heteroatoms. The lowest BCUT2D eigenvalue weighted by Crippen LogP contribution is -2.37. The molecule has 0 heterocycles. The van der Waals surface area contributed by atoms with Crippen LogP contribution in [0.15, 0.2) is 33.6 Å². The van der Waals surface area contributed by atoms with E-state index in [1.54, 1.807) is 0 Å². The van der Waals surface area contributed by atoms with Gasteiger partial charge in [0, 0.05) is 21.2 Å². The zero-order valence-corrected chi connectivity index (χ0v) is 12.9. The summed E-state index contributed by atoms with van der Waals surface area (Å²) < 4.78 is 1.16. The monoisotopic (exact) mass is 316 g/mol. The minimum Gasteiger partial charge on any atom is -0.271 e. The number of benzene rings is 1. The molecule has 0 aromatic heterocycles. The number of halogens is 1. The third kappa shape index (κ3) is 5.91. The largest absolute Gasteiger partial charge is 0.271 e. The smallest absolute Gasteiger partial charge is 0.0311 e. The molecule has 0 aliphatic carbocycles. The molecule has 0 bridgehead atoms. The third-order valence-electron chi connectivity index (χ3n) is 2.60. The van der Waals surface area contributed by atoms with Crippen molar-refractivity contribution in [2.45, 2.75) is 37.6 Å². The van der Waals surface area contributed by atoms with E-state index in [0.717, 1.165) is 22.6 Å². The molecule has 96 valence electrons. The Hall–Kier alpha value is -0.0300. The van der Waals surface area contributed by atoms with E-state index in [4.69, 9.17) is 5.84 Å². The second-order valence-corrected chi connectivity index (χ2v) is 6.49. The molecule has 0 aliphatic rings. The summed E-state index contributed by atoms with van der Waals surface area (Å²) in [6.45, 7) is 4.49. The van der Waals surface area contributed by atoms with Gasteiger partial charge in [0.1, 0.15) is 0 Å². The predicted octanol–water partition coefficient (Wildman–Crippen LogP) is 3.81. The lowest BCUT2D eigenvalue weighted by Gasteiger charge is -2.16. The summed E-state index contributed by atoms with van der Waals surface area (Å²) in [4.78, 5) is 1.28. The number of nitrogens with one attached hydrogen (secondary N) is 1. The standard InChI is InChI=1S/C13H21BrN2S/c1-10(2)7-8-11(16-15)9-17-13-6-4-3-5-12(13)14/h3-6,10-11,16H,7-9,15H2,1-2H3. The van der Waals surface area contributed by atoms with Gasteiger partial charge in [0.05, 0.1) is 0 Å². The Labute approximate surface area is 117 Å². The van der Waals surface area contributed by atoms with Crippen molar-refractivity contribution in [3.8, 4) is 0 Å². The molecular weight excluding hydrogens is 296 g/mol. The van der Waals surface area contributed by atoms with Crippen LogP contribution in [0.25, 0.3) is 0 Å². The van der Waals surface area contributed by atoms with Crippen molar-refractivity contribution >= 4 is 27.7 Å². The lowest BCUT2D eigenvalue weighted by molar-refractivity contribution is 0.464. The third-order valence-corrected chi connectivity index (χ3v) is 4.79. The van der Waals surface area contributed by atoms with Crippen LogP contribution in [0, 0.1) is 5.92 Å². The van der Waals surface area contributed by atoms with Gasteiger partial charge in [0.25, 0.3) is 0 Å². The molecule has 17 heavy (non-hydrogen) atoms. The van der Waals surface area contributed by atoms with Gasteiger partial charge in [0.2, 0.25) is 0 Å². The van der Waals surface area contributed by atoms with Gasteiger partial charge < -0.3 is 0 Å². The maximum absolute atomic E-state index is 5.59. The van der Waals surface area contributed by atoms with Gasteiger partial charge in [-0.2, -0.15) is 0 Å². The summed E-state index contributed by atoms with van der Waals surface area (Å²) in [5, 5.41) is 0. The molecule has 2 nitrogen and oxygen atoms in total. The molecule has 1 atom stereocenters. The van der Waals surface area contributed by atoms with Crippen LogP contribution in [-0.4, -0.2) is 11.8 Å².